The molecule has 0 saturated carbocycles. The predicted molar refractivity (Wildman–Crippen MR) is 89.2 cm³/mol. The van der Waals surface area contributed by atoms with E-state index in [1.54, 1.807) is 17.2 Å². The van der Waals surface area contributed by atoms with Crippen LogP contribution in [0.25, 0.3) is 11.1 Å². The number of carbonyl (C=O) groups excluding carboxylic acids is 1. The molecular weight excluding hydrogens is 322 g/mol. The van der Waals surface area contributed by atoms with Gasteiger partial charge in [0.25, 0.3) is 11.6 Å². The molecule has 1 aliphatic rings. The highest BCUT2D eigenvalue weighted by molar-refractivity contribution is 6.06. The molecule has 1 fully saturated rings. The fourth-order valence-electron chi connectivity index (χ4n) is 3.22. The molecule has 0 aromatic carbocycles. The largest absolute Gasteiger partial charge is 0.377 e. The van der Waals surface area contributed by atoms with Gasteiger partial charge < -0.3 is 19.1 Å². The summed E-state index contributed by atoms with van der Waals surface area (Å²) in [6.45, 7) is 6.98. The number of aryl methyl sites for hydroxylation is 3. The van der Waals surface area contributed by atoms with Gasteiger partial charge in [0.15, 0.2) is 0 Å². The van der Waals surface area contributed by atoms with Crippen molar-refractivity contribution in [1.82, 2.24) is 25.0 Å². The Morgan fingerprint density at radius 3 is 2.96 bits per heavy atom. The van der Waals surface area contributed by atoms with Crippen LogP contribution < -0.4 is 0 Å². The lowest BCUT2D eigenvalue weighted by atomic mass is 10.1. The van der Waals surface area contributed by atoms with Crippen LogP contribution in [0.3, 0.4) is 0 Å². The maximum atomic E-state index is 13.3. The van der Waals surface area contributed by atoms with E-state index in [2.05, 4.69) is 20.1 Å². The summed E-state index contributed by atoms with van der Waals surface area (Å²) in [7, 11) is 0. The molecule has 4 heterocycles. The van der Waals surface area contributed by atoms with E-state index >= 15 is 0 Å². The maximum absolute atomic E-state index is 13.3. The first-order chi connectivity index (χ1) is 12.0. The first-order valence-electron chi connectivity index (χ1n) is 8.18. The standard InChI is InChI=1S/C17H19N5O3/c1-9-6-12(14-11(3)21-25-16(14)20-9)17(23)22-4-5-24-8-13(22)15-18-7-10(2)19-15/h6-7,13H,4-5,8H2,1-3H3,(H,18,19). The van der Waals surface area contributed by atoms with Crippen LogP contribution in [0.4, 0.5) is 0 Å². The summed E-state index contributed by atoms with van der Waals surface area (Å²) in [5.74, 6) is 0.638. The molecule has 8 nitrogen and oxygen atoms in total. The summed E-state index contributed by atoms with van der Waals surface area (Å²) in [6.07, 6.45) is 1.76. The molecule has 3 aromatic rings. The van der Waals surface area contributed by atoms with Crippen molar-refractivity contribution in [2.45, 2.75) is 26.8 Å². The number of imidazole rings is 1. The lowest BCUT2D eigenvalue weighted by Crippen LogP contribution is -2.44. The van der Waals surface area contributed by atoms with Crippen molar-refractivity contribution in [3.63, 3.8) is 0 Å². The normalized spacial score (nSPS) is 18.0. The Kier molecular flexibility index (Phi) is 3.76. The third-order valence-corrected chi connectivity index (χ3v) is 4.40. The van der Waals surface area contributed by atoms with Crippen molar-refractivity contribution in [1.29, 1.82) is 0 Å². The fraction of sp³-hybridized carbons (Fsp3) is 0.412. The first-order valence-corrected chi connectivity index (χ1v) is 8.18. The highest BCUT2D eigenvalue weighted by Gasteiger charge is 2.33. The molecule has 8 heteroatoms. The van der Waals surface area contributed by atoms with Gasteiger partial charge in [-0.1, -0.05) is 5.16 Å². The van der Waals surface area contributed by atoms with Crippen molar-refractivity contribution in [2.24, 2.45) is 0 Å². The Bertz CT molecular complexity index is 945. The number of H-pyrrole nitrogens is 1. The van der Waals surface area contributed by atoms with Gasteiger partial charge in [0, 0.05) is 24.1 Å². The minimum atomic E-state index is -0.251. The number of aromatic amines is 1. The van der Waals surface area contributed by atoms with Gasteiger partial charge in [-0.05, 0) is 26.8 Å². The van der Waals surface area contributed by atoms with E-state index in [4.69, 9.17) is 9.26 Å². The molecule has 1 N–H and O–H groups in total. The summed E-state index contributed by atoms with van der Waals surface area (Å²) in [6, 6.07) is 1.54. The Hall–Kier alpha value is -2.74. The molecule has 1 saturated heterocycles. The summed E-state index contributed by atoms with van der Waals surface area (Å²) in [4.78, 5) is 27.0. The molecule has 4 rings (SSSR count). The Balaban J connectivity index is 1.77. The highest BCUT2D eigenvalue weighted by atomic mass is 16.5. The summed E-state index contributed by atoms with van der Waals surface area (Å²) >= 11 is 0. The zero-order valence-corrected chi connectivity index (χ0v) is 14.4. The minimum Gasteiger partial charge on any atom is -0.377 e. The zero-order valence-electron chi connectivity index (χ0n) is 14.4. The molecule has 1 unspecified atom stereocenters. The van der Waals surface area contributed by atoms with Crippen LogP contribution >= 0.6 is 0 Å². The SMILES string of the molecule is Cc1cc(C(=O)N2CCOCC2c2ncc(C)[nH]2)c2c(C)noc2n1. The fourth-order valence-corrected chi connectivity index (χ4v) is 3.22. The lowest BCUT2D eigenvalue weighted by molar-refractivity contribution is -0.00491. The second kappa shape index (κ2) is 5.96. The van der Waals surface area contributed by atoms with Crippen LogP contribution in [0.2, 0.25) is 0 Å². The van der Waals surface area contributed by atoms with E-state index in [-0.39, 0.29) is 11.9 Å². The van der Waals surface area contributed by atoms with Crippen molar-refractivity contribution in [2.75, 3.05) is 19.8 Å². The summed E-state index contributed by atoms with van der Waals surface area (Å²) in [5.41, 5.74) is 3.26. The number of pyridine rings is 1. The summed E-state index contributed by atoms with van der Waals surface area (Å²) < 4.78 is 10.8. The number of aromatic nitrogens is 4. The van der Waals surface area contributed by atoms with Crippen molar-refractivity contribution < 1.29 is 14.1 Å². The van der Waals surface area contributed by atoms with Crippen LogP contribution in [0.1, 0.15) is 39.3 Å². The topological polar surface area (TPSA) is 97.1 Å². The molecule has 1 aliphatic heterocycles. The number of nitrogens with one attached hydrogen (secondary N) is 1. The Morgan fingerprint density at radius 2 is 2.20 bits per heavy atom. The minimum absolute atomic E-state index is 0.0934. The number of rotatable bonds is 2. The number of carbonyl (C=O) groups is 1. The lowest BCUT2D eigenvalue weighted by Gasteiger charge is -2.34. The van der Waals surface area contributed by atoms with Crippen LogP contribution in [-0.4, -0.2) is 50.7 Å². The van der Waals surface area contributed by atoms with Gasteiger partial charge in [-0.25, -0.2) is 9.97 Å². The molecule has 130 valence electrons. The van der Waals surface area contributed by atoms with Gasteiger partial charge in [0.05, 0.1) is 29.9 Å². The molecule has 25 heavy (non-hydrogen) atoms. The Labute approximate surface area is 144 Å². The molecule has 1 atom stereocenters. The third-order valence-electron chi connectivity index (χ3n) is 4.40. The van der Waals surface area contributed by atoms with E-state index in [1.165, 1.54) is 0 Å². The van der Waals surface area contributed by atoms with Gasteiger partial charge in [-0.2, -0.15) is 0 Å². The smallest absolute Gasteiger partial charge is 0.258 e. The quantitative estimate of drug-likeness (QED) is 0.766. The first kappa shape index (κ1) is 15.8. The van der Waals surface area contributed by atoms with Crippen molar-refractivity contribution in [3.05, 3.63) is 40.7 Å². The number of fused-ring (bicyclic) bond motifs is 1. The van der Waals surface area contributed by atoms with E-state index in [0.717, 1.165) is 11.5 Å². The predicted octanol–water partition coefficient (Wildman–Crippen LogP) is 2.08. The van der Waals surface area contributed by atoms with Gasteiger partial charge in [0.2, 0.25) is 0 Å². The second-order valence-electron chi connectivity index (χ2n) is 6.30. The molecular formula is C17H19N5O3. The number of morpholine rings is 1. The number of amides is 1. The number of hydrogen-bond donors (Lipinski definition) is 1. The molecule has 3 aromatic heterocycles. The van der Waals surface area contributed by atoms with Crippen molar-refractivity contribution in [3.8, 4) is 0 Å². The van der Waals surface area contributed by atoms with Gasteiger partial charge in [-0.3, -0.25) is 4.79 Å². The van der Waals surface area contributed by atoms with Crippen LogP contribution in [0, 0.1) is 20.8 Å². The molecule has 0 aliphatic carbocycles. The molecule has 0 bridgehead atoms. The number of nitrogens with zero attached hydrogens (tertiary/aromatic N) is 4. The van der Waals surface area contributed by atoms with Crippen LogP contribution in [-0.2, 0) is 4.74 Å². The van der Waals surface area contributed by atoms with Crippen LogP contribution in [0.5, 0.6) is 0 Å². The summed E-state index contributed by atoms with van der Waals surface area (Å²) in [5, 5.41) is 4.62. The maximum Gasteiger partial charge on any atom is 0.258 e. The van der Waals surface area contributed by atoms with Crippen LogP contribution in [0.15, 0.2) is 16.8 Å². The van der Waals surface area contributed by atoms with E-state index in [9.17, 15) is 4.79 Å². The zero-order chi connectivity index (χ0) is 17.6. The average Bonchev–Trinajstić information content (AvgIpc) is 3.20. The monoisotopic (exact) mass is 341 g/mol. The van der Waals surface area contributed by atoms with Crippen molar-refractivity contribution >= 4 is 17.0 Å². The molecule has 0 radical (unpaired) electrons. The molecule has 0 spiro atoms. The number of ether oxygens (including phenoxy) is 1. The molecule has 1 amide bonds. The van der Waals surface area contributed by atoms with Gasteiger partial charge >= 0.3 is 0 Å². The number of hydrogen-bond acceptors (Lipinski definition) is 6. The van der Waals surface area contributed by atoms with Gasteiger partial charge in [0.1, 0.15) is 11.9 Å². The van der Waals surface area contributed by atoms with E-state index in [1.807, 2.05) is 20.8 Å². The Morgan fingerprint density at radius 1 is 1.36 bits per heavy atom. The highest BCUT2D eigenvalue weighted by Crippen LogP contribution is 2.28. The van der Waals surface area contributed by atoms with E-state index < -0.39 is 0 Å². The second-order valence-corrected chi connectivity index (χ2v) is 6.30. The average molecular weight is 341 g/mol. The third kappa shape index (κ3) is 2.68. The van der Waals surface area contributed by atoms with E-state index in [0.29, 0.717) is 47.8 Å². The van der Waals surface area contributed by atoms with Gasteiger partial charge in [-0.15, -0.1) is 0 Å².